The fourth-order valence-electron chi connectivity index (χ4n) is 2.48. The second kappa shape index (κ2) is 8.22. The Morgan fingerprint density at radius 1 is 0.929 bits per heavy atom. The summed E-state index contributed by atoms with van der Waals surface area (Å²) in [6, 6.07) is 17.5. The molecule has 0 saturated heterocycles. The minimum absolute atomic E-state index is 0.0343. The van der Waals surface area contributed by atoms with E-state index in [1.54, 1.807) is 18.2 Å². The average molecular weight is 435 g/mol. The highest BCUT2D eigenvalue weighted by atomic mass is 35.5. The van der Waals surface area contributed by atoms with Gasteiger partial charge >= 0.3 is 0 Å². The third-order valence-corrected chi connectivity index (χ3v) is 5.81. The Hall–Kier alpha value is -2.54. The van der Waals surface area contributed by atoms with Crippen molar-refractivity contribution in [1.82, 2.24) is 0 Å². The number of benzene rings is 3. The van der Waals surface area contributed by atoms with Crippen LogP contribution in [0.2, 0.25) is 10.0 Å². The van der Waals surface area contributed by atoms with E-state index >= 15 is 0 Å². The standard InChI is InChI=1S/C20H16Cl2N2O3S/c1-13-3-2-4-14(11-13)20(25)23-16-6-8-17(9-7-16)28(26,27)24-19-10-5-15(21)12-18(19)22/h2-12,24H,1H3,(H,23,25). The first-order chi connectivity index (χ1) is 13.2. The fourth-order valence-corrected chi connectivity index (χ4v) is 4.07. The van der Waals surface area contributed by atoms with E-state index < -0.39 is 10.0 Å². The number of anilines is 2. The third kappa shape index (κ3) is 4.84. The minimum Gasteiger partial charge on any atom is -0.322 e. The van der Waals surface area contributed by atoms with Gasteiger partial charge in [0.25, 0.3) is 15.9 Å². The van der Waals surface area contributed by atoms with Crippen molar-refractivity contribution < 1.29 is 13.2 Å². The SMILES string of the molecule is Cc1cccc(C(=O)Nc2ccc(S(=O)(=O)Nc3ccc(Cl)cc3Cl)cc2)c1. The van der Waals surface area contributed by atoms with Gasteiger partial charge in [0.05, 0.1) is 15.6 Å². The zero-order valence-electron chi connectivity index (χ0n) is 14.7. The lowest BCUT2D eigenvalue weighted by atomic mass is 10.1. The van der Waals surface area contributed by atoms with Crippen molar-refractivity contribution in [2.24, 2.45) is 0 Å². The van der Waals surface area contributed by atoms with Crippen molar-refractivity contribution in [3.63, 3.8) is 0 Å². The molecule has 2 N–H and O–H groups in total. The number of hydrogen-bond acceptors (Lipinski definition) is 3. The van der Waals surface area contributed by atoms with Gasteiger partial charge in [-0.3, -0.25) is 9.52 Å². The number of carbonyl (C=O) groups is 1. The van der Waals surface area contributed by atoms with Gasteiger partial charge in [0.1, 0.15) is 0 Å². The molecule has 3 aromatic carbocycles. The zero-order chi connectivity index (χ0) is 20.3. The molecule has 0 atom stereocenters. The summed E-state index contributed by atoms with van der Waals surface area (Å²) in [6.07, 6.45) is 0. The van der Waals surface area contributed by atoms with E-state index in [4.69, 9.17) is 23.2 Å². The third-order valence-electron chi connectivity index (χ3n) is 3.88. The van der Waals surface area contributed by atoms with Gasteiger partial charge in [-0.25, -0.2) is 8.42 Å². The molecule has 0 aliphatic carbocycles. The van der Waals surface area contributed by atoms with Gasteiger partial charge < -0.3 is 5.32 Å². The number of rotatable bonds is 5. The predicted octanol–water partition coefficient (Wildman–Crippen LogP) is 5.35. The maximum Gasteiger partial charge on any atom is 0.261 e. The lowest BCUT2D eigenvalue weighted by Gasteiger charge is -2.11. The highest BCUT2D eigenvalue weighted by Gasteiger charge is 2.16. The van der Waals surface area contributed by atoms with Crippen LogP contribution >= 0.6 is 23.2 Å². The smallest absolute Gasteiger partial charge is 0.261 e. The van der Waals surface area contributed by atoms with Gasteiger partial charge in [-0.15, -0.1) is 0 Å². The molecule has 144 valence electrons. The zero-order valence-corrected chi connectivity index (χ0v) is 17.1. The van der Waals surface area contributed by atoms with Gasteiger partial charge in [0, 0.05) is 16.3 Å². The normalized spacial score (nSPS) is 11.1. The monoisotopic (exact) mass is 434 g/mol. The molecule has 1 amide bonds. The van der Waals surface area contributed by atoms with E-state index in [0.29, 0.717) is 16.3 Å². The molecule has 0 unspecified atom stereocenters. The van der Waals surface area contributed by atoms with Gasteiger partial charge in [0.2, 0.25) is 0 Å². The molecule has 0 bridgehead atoms. The molecular weight excluding hydrogens is 419 g/mol. The van der Waals surface area contributed by atoms with Crippen LogP contribution in [0.3, 0.4) is 0 Å². The molecule has 0 saturated carbocycles. The van der Waals surface area contributed by atoms with Gasteiger partial charge in [-0.1, -0.05) is 40.9 Å². The molecule has 28 heavy (non-hydrogen) atoms. The summed E-state index contributed by atoms with van der Waals surface area (Å²) >= 11 is 11.8. The van der Waals surface area contributed by atoms with Crippen molar-refractivity contribution in [2.45, 2.75) is 11.8 Å². The van der Waals surface area contributed by atoms with Crippen molar-refractivity contribution >= 4 is 50.5 Å². The summed E-state index contributed by atoms with van der Waals surface area (Å²) in [5.74, 6) is -0.273. The van der Waals surface area contributed by atoms with Crippen LogP contribution < -0.4 is 10.0 Å². The summed E-state index contributed by atoms with van der Waals surface area (Å²) in [4.78, 5) is 12.3. The van der Waals surface area contributed by atoms with Crippen molar-refractivity contribution in [3.05, 3.63) is 87.9 Å². The van der Waals surface area contributed by atoms with Crippen LogP contribution in [0.25, 0.3) is 0 Å². The van der Waals surface area contributed by atoms with Crippen LogP contribution in [0.15, 0.2) is 71.6 Å². The van der Waals surface area contributed by atoms with Crippen molar-refractivity contribution in [3.8, 4) is 0 Å². The van der Waals surface area contributed by atoms with Gasteiger partial charge in [-0.05, 0) is 61.5 Å². The highest BCUT2D eigenvalue weighted by molar-refractivity contribution is 7.92. The van der Waals surface area contributed by atoms with E-state index in [9.17, 15) is 13.2 Å². The number of halogens is 2. The van der Waals surface area contributed by atoms with E-state index in [1.807, 2.05) is 13.0 Å². The maximum atomic E-state index is 12.5. The van der Waals surface area contributed by atoms with Crippen LogP contribution in [0.4, 0.5) is 11.4 Å². The Morgan fingerprint density at radius 2 is 1.64 bits per heavy atom. The summed E-state index contributed by atoms with van der Waals surface area (Å²) in [6.45, 7) is 1.90. The molecule has 0 aliphatic rings. The van der Waals surface area contributed by atoms with Gasteiger partial charge in [-0.2, -0.15) is 0 Å². The lowest BCUT2D eigenvalue weighted by Crippen LogP contribution is -2.14. The average Bonchev–Trinajstić information content (AvgIpc) is 2.64. The Labute approximate surface area is 173 Å². The summed E-state index contributed by atoms with van der Waals surface area (Å²) in [5.41, 5.74) is 2.20. The Kier molecular flexibility index (Phi) is 5.93. The second-order valence-electron chi connectivity index (χ2n) is 6.08. The van der Waals surface area contributed by atoms with E-state index in [0.717, 1.165) is 5.56 Å². The van der Waals surface area contributed by atoms with Gasteiger partial charge in [0.15, 0.2) is 0 Å². The van der Waals surface area contributed by atoms with Crippen LogP contribution in [0.1, 0.15) is 15.9 Å². The number of carbonyl (C=O) groups excluding carboxylic acids is 1. The molecule has 3 rings (SSSR count). The summed E-state index contributed by atoms with van der Waals surface area (Å²) in [5, 5.41) is 3.34. The predicted molar refractivity (Wildman–Crippen MR) is 113 cm³/mol. The maximum absolute atomic E-state index is 12.5. The summed E-state index contributed by atoms with van der Waals surface area (Å²) < 4.78 is 27.5. The Morgan fingerprint density at radius 3 is 2.29 bits per heavy atom. The lowest BCUT2D eigenvalue weighted by molar-refractivity contribution is 0.102. The van der Waals surface area contributed by atoms with Crippen molar-refractivity contribution in [1.29, 1.82) is 0 Å². The molecule has 0 aromatic heterocycles. The fraction of sp³-hybridized carbons (Fsp3) is 0.0500. The topological polar surface area (TPSA) is 75.3 Å². The Balaban J connectivity index is 1.75. The summed E-state index contributed by atoms with van der Waals surface area (Å²) in [7, 11) is -3.84. The van der Waals surface area contributed by atoms with E-state index in [1.165, 1.54) is 42.5 Å². The number of sulfonamides is 1. The molecule has 0 aliphatic heterocycles. The molecule has 0 radical (unpaired) electrons. The molecule has 8 heteroatoms. The van der Waals surface area contributed by atoms with Crippen molar-refractivity contribution in [2.75, 3.05) is 10.0 Å². The first-order valence-corrected chi connectivity index (χ1v) is 10.4. The quantitative estimate of drug-likeness (QED) is 0.567. The molecule has 0 fully saturated rings. The van der Waals surface area contributed by atoms with E-state index in [-0.39, 0.29) is 21.5 Å². The second-order valence-corrected chi connectivity index (χ2v) is 8.60. The highest BCUT2D eigenvalue weighted by Crippen LogP contribution is 2.28. The van der Waals surface area contributed by atoms with Crippen LogP contribution in [-0.2, 0) is 10.0 Å². The molecular formula is C20H16Cl2N2O3S. The van der Waals surface area contributed by atoms with Crippen LogP contribution in [0, 0.1) is 6.92 Å². The molecule has 3 aromatic rings. The number of nitrogens with one attached hydrogen (secondary N) is 2. The molecule has 0 spiro atoms. The number of aryl methyl sites for hydroxylation is 1. The Bertz CT molecular complexity index is 1130. The van der Waals surface area contributed by atoms with Crippen LogP contribution in [-0.4, -0.2) is 14.3 Å². The minimum atomic E-state index is -3.84. The number of amides is 1. The first kappa shape index (κ1) is 20.2. The molecule has 5 nitrogen and oxygen atoms in total. The molecule has 0 heterocycles. The van der Waals surface area contributed by atoms with Crippen LogP contribution in [0.5, 0.6) is 0 Å². The first-order valence-electron chi connectivity index (χ1n) is 8.20. The van der Waals surface area contributed by atoms with E-state index in [2.05, 4.69) is 10.0 Å². The number of hydrogen-bond donors (Lipinski definition) is 2. The largest absolute Gasteiger partial charge is 0.322 e.